The number of nitrogens with zero attached hydrogens (tertiary/aromatic N) is 1. The average molecular weight is 364 g/mol. The van der Waals surface area contributed by atoms with Gasteiger partial charge in [0, 0.05) is 24.0 Å². The number of aromatic nitrogens is 1. The van der Waals surface area contributed by atoms with Gasteiger partial charge in [0.1, 0.15) is 11.5 Å². The molecule has 3 N–H and O–H groups in total. The van der Waals surface area contributed by atoms with Gasteiger partial charge in [-0.2, -0.15) is 0 Å². The monoisotopic (exact) mass is 364 g/mol. The fourth-order valence-electron chi connectivity index (χ4n) is 2.37. The first-order chi connectivity index (χ1) is 13.0. The third-order valence-electron chi connectivity index (χ3n) is 3.57. The third kappa shape index (κ3) is 5.12. The standard InChI is InChI=1S/C20H17FN4O2/c1-13(26)23-15-5-7-16(8-6-15)24-18-9-10-19(22-12-18)20(27)25-17-4-2-3-14(21)11-17/h2-12,24H,1H3,(H,23,26)(H,25,27). The number of benzene rings is 2. The van der Waals surface area contributed by atoms with Crippen LogP contribution in [0.3, 0.4) is 0 Å². The minimum absolute atomic E-state index is 0.132. The van der Waals surface area contributed by atoms with Crippen molar-refractivity contribution in [3.63, 3.8) is 0 Å². The van der Waals surface area contributed by atoms with Crippen molar-refractivity contribution in [1.82, 2.24) is 4.98 Å². The zero-order valence-electron chi connectivity index (χ0n) is 14.5. The van der Waals surface area contributed by atoms with E-state index in [9.17, 15) is 14.0 Å². The van der Waals surface area contributed by atoms with Crippen LogP contribution in [0.2, 0.25) is 0 Å². The molecule has 0 fully saturated rings. The largest absolute Gasteiger partial charge is 0.354 e. The average Bonchev–Trinajstić information content (AvgIpc) is 2.63. The Hall–Kier alpha value is -3.74. The van der Waals surface area contributed by atoms with E-state index in [0.717, 1.165) is 5.69 Å². The summed E-state index contributed by atoms with van der Waals surface area (Å²) < 4.78 is 13.2. The molecule has 0 bridgehead atoms. The maximum atomic E-state index is 13.2. The molecule has 0 saturated carbocycles. The lowest BCUT2D eigenvalue weighted by Gasteiger charge is -2.09. The molecule has 2 aromatic carbocycles. The molecule has 7 heteroatoms. The predicted octanol–water partition coefficient (Wildman–Crippen LogP) is 4.18. The molecule has 1 heterocycles. The molecule has 136 valence electrons. The van der Waals surface area contributed by atoms with Gasteiger partial charge in [-0.25, -0.2) is 9.37 Å². The Balaban J connectivity index is 1.62. The summed E-state index contributed by atoms with van der Waals surface area (Å²) in [6.07, 6.45) is 1.53. The number of amides is 2. The molecule has 0 aliphatic rings. The van der Waals surface area contributed by atoms with Gasteiger partial charge < -0.3 is 16.0 Å². The van der Waals surface area contributed by atoms with Gasteiger partial charge in [-0.05, 0) is 54.6 Å². The molecule has 0 saturated heterocycles. The van der Waals surface area contributed by atoms with Crippen LogP contribution in [-0.4, -0.2) is 16.8 Å². The van der Waals surface area contributed by atoms with Gasteiger partial charge in [0.25, 0.3) is 5.91 Å². The molecule has 6 nitrogen and oxygen atoms in total. The van der Waals surface area contributed by atoms with Crippen molar-refractivity contribution >= 4 is 34.6 Å². The highest BCUT2D eigenvalue weighted by molar-refractivity contribution is 6.03. The second kappa shape index (κ2) is 8.09. The molecule has 0 unspecified atom stereocenters. The van der Waals surface area contributed by atoms with Crippen LogP contribution in [0.15, 0.2) is 66.9 Å². The second-order valence-corrected chi connectivity index (χ2v) is 5.78. The van der Waals surface area contributed by atoms with Crippen molar-refractivity contribution in [3.8, 4) is 0 Å². The van der Waals surface area contributed by atoms with E-state index in [4.69, 9.17) is 0 Å². The van der Waals surface area contributed by atoms with Gasteiger partial charge >= 0.3 is 0 Å². The van der Waals surface area contributed by atoms with Gasteiger partial charge in [0.15, 0.2) is 0 Å². The van der Waals surface area contributed by atoms with Gasteiger partial charge in [0.05, 0.1) is 11.9 Å². The minimum Gasteiger partial charge on any atom is -0.354 e. The molecular formula is C20H17FN4O2. The summed E-state index contributed by atoms with van der Waals surface area (Å²) in [6, 6.07) is 16.1. The number of carbonyl (C=O) groups is 2. The molecule has 0 radical (unpaired) electrons. The van der Waals surface area contributed by atoms with Crippen LogP contribution in [0, 0.1) is 5.82 Å². The maximum Gasteiger partial charge on any atom is 0.274 e. The first kappa shape index (κ1) is 18.1. The predicted molar refractivity (Wildman–Crippen MR) is 103 cm³/mol. The highest BCUT2D eigenvalue weighted by Crippen LogP contribution is 2.19. The van der Waals surface area contributed by atoms with E-state index in [1.807, 2.05) is 12.1 Å². The number of carbonyl (C=O) groups excluding carboxylic acids is 2. The van der Waals surface area contributed by atoms with Gasteiger partial charge in [0.2, 0.25) is 5.91 Å². The lowest BCUT2D eigenvalue weighted by molar-refractivity contribution is -0.114. The van der Waals surface area contributed by atoms with Crippen LogP contribution in [0.4, 0.5) is 27.1 Å². The van der Waals surface area contributed by atoms with Crippen molar-refractivity contribution in [1.29, 1.82) is 0 Å². The Morgan fingerprint density at radius 2 is 1.56 bits per heavy atom. The molecule has 0 atom stereocenters. The summed E-state index contributed by atoms with van der Waals surface area (Å²) in [5.41, 5.74) is 2.79. The Kier molecular flexibility index (Phi) is 5.41. The van der Waals surface area contributed by atoms with Gasteiger partial charge in [-0.15, -0.1) is 0 Å². The van der Waals surface area contributed by atoms with Crippen LogP contribution in [0.1, 0.15) is 17.4 Å². The smallest absolute Gasteiger partial charge is 0.274 e. The van der Waals surface area contributed by atoms with Crippen molar-refractivity contribution in [3.05, 3.63) is 78.4 Å². The summed E-state index contributed by atoms with van der Waals surface area (Å²) in [5, 5.41) is 8.44. The van der Waals surface area contributed by atoms with Crippen LogP contribution < -0.4 is 16.0 Å². The zero-order chi connectivity index (χ0) is 19.2. The summed E-state index contributed by atoms with van der Waals surface area (Å²) in [4.78, 5) is 27.3. The van der Waals surface area contributed by atoms with E-state index in [2.05, 4.69) is 20.9 Å². The fraction of sp³-hybridized carbons (Fsp3) is 0.0500. The van der Waals surface area contributed by atoms with Crippen LogP contribution >= 0.6 is 0 Å². The van der Waals surface area contributed by atoms with E-state index in [0.29, 0.717) is 17.1 Å². The quantitative estimate of drug-likeness (QED) is 0.634. The molecular weight excluding hydrogens is 347 g/mol. The SMILES string of the molecule is CC(=O)Nc1ccc(Nc2ccc(C(=O)Nc3cccc(F)c3)nc2)cc1. The fourth-order valence-corrected chi connectivity index (χ4v) is 2.37. The van der Waals surface area contributed by atoms with Crippen LogP contribution in [0.5, 0.6) is 0 Å². The second-order valence-electron chi connectivity index (χ2n) is 5.78. The number of rotatable bonds is 5. The molecule has 2 amide bonds. The Labute approximate surface area is 155 Å². The Morgan fingerprint density at radius 1 is 0.852 bits per heavy atom. The summed E-state index contributed by atoms with van der Waals surface area (Å²) in [5.74, 6) is -0.983. The molecule has 3 aromatic rings. The van der Waals surface area contributed by atoms with E-state index < -0.39 is 11.7 Å². The van der Waals surface area contributed by atoms with Crippen molar-refractivity contribution < 1.29 is 14.0 Å². The number of nitrogens with one attached hydrogen (secondary N) is 3. The summed E-state index contributed by atoms with van der Waals surface area (Å²) in [7, 11) is 0. The number of pyridine rings is 1. The lowest BCUT2D eigenvalue weighted by atomic mass is 10.2. The number of hydrogen-bond donors (Lipinski definition) is 3. The summed E-state index contributed by atoms with van der Waals surface area (Å²) >= 11 is 0. The molecule has 1 aromatic heterocycles. The third-order valence-corrected chi connectivity index (χ3v) is 3.57. The first-order valence-corrected chi connectivity index (χ1v) is 8.17. The van der Waals surface area contributed by atoms with Crippen molar-refractivity contribution in [2.75, 3.05) is 16.0 Å². The number of hydrogen-bond acceptors (Lipinski definition) is 4. The van der Waals surface area contributed by atoms with E-state index in [1.54, 1.807) is 30.3 Å². The van der Waals surface area contributed by atoms with E-state index in [-0.39, 0.29) is 11.6 Å². The number of anilines is 4. The molecule has 3 rings (SSSR count). The Morgan fingerprint density at radius 3 is 2.19 bits per heavy atom. The molecule has 0 spiro atoms. The van der Waals surface area contributed by atoms with Crippen LogP contribution in [-0.2, 0) is 4.79 Å². The highest BCUT2D eigenvalue weighted by Gasteiger charge is 2.08. The Bertz CT molecular complexity index is 956. The van der Waals surface area contributed by atoms with E-state index >= 15 is 0 Å². The lowest BCUT2D eigenvalue weighted by Crippen LogP contribution is -2.13. The van der Waals surface area contributed by atoms with Crippen molar-refractivity contribution in [2.24, 2.45) is 0 Å². The van der Waals surface area contributed by atoms with Gasteiger partial charge in [-0.3, -0.25) is 9.59 Å². The molecule has 27 heavy (non-hydrogen) atoms. The topological polar surface area (TPSA) is 83.1 Å². The van der Waals surface area contributed by atoms with Crippen LogP contribution in [0.25, 0.3) is 0 Å². The number of halogens is 1. The molecule has 0 aliphatic heterocycles. The minimum atomic E-state index is -0.426. The molecule has 0 aliphatic carbocycles. The normalized spacial score (nSPS) is 10.1. The zero-order valence-corrected chi connectivity index (χ0v) is 14.5. The summed E-state index contributed by atoms with van der Waals surface area (Å²) in [6.45, 7) is 1.45. The first-order valence-electron chi connectivity index (χ1n) is 8.17. The van der Waals surface area contributed by atoms with E-state index in [1.165, 1.54) is 31.3 Å². The maximum absolute atomic E-state index is 13.2. The highest BCUT2D eigenvalue weighted by atomic mass is 19.1. The van der Waals surface area contributed by atoms with Crippen molar-refractivity contribution in [2.45, 2.75) is 6.92 Å². The van der Waals surface area contributed by atoms with Gasteiger partial charge in [-0.1, -0.05) is 6.07 Å².